The van der Waals surface area contributed by atoms with E-state index < -0.39 is 11.8 Å². The lowest BCUT2D eigenvalue weighted by atomic mass is 9.91. The van der Waals surface area contributed by atoms with Crippen LogP contribution in [0.5, 0.6) is 5.75 Å². The Morgan fingerprint density at radius 2 is 1.54 bits per heavy atom. The summed E-state index contributed by atoms with van der Waals surface area (Å²) in [5, 5.41) is 25.0. The fraction of sp³-hybridized carbons (Fsp3) is 0. The number of phenolic OH excluding ortho intramolecular Hbond substituents is 1. The summed E-state index contributed by atoms with van der Waals surface area (Å²) in [5.74, 6) is -2.54. The summed E-state index contributed by atoms with van der Waals surface area (Å²) < 4.78 is 0. The summed E-state index contributed by atoms with van der Waals surface area (Å²) in [4.78, 5) is 22.0. The van der Waals surface area contributed by atoms with E-state index in [1.165, 1.54) is 6.08 Å². The quantitative estimate of drug-likeness (QED) is 0.341. The van der Waals surface area contributed by atoms with Crippen LogP contribution >= 0.6 is 0 Å². The second kappa shape index (κ2) is 5.06. The average molecular weight is 316 g/mol. The minimum absolute atomic E-state index is 0.00956. The van der Waals surface area contributed by atoms with Crippen molar-refractivity contribution in [2.24, 2.45) is 0 Å². The van der Waals surface area contributed by atoms with Gasteiger partial charge in [-0.3, -0.25) is 4.79 Å². The standard InChI is InChI=1S/C20H12O4/c21-16(20(23)24)9-8-14-15-7-6-12-3-1-2-11-4-5-13(10-17(14)22)19(15)18(11)12/h1-10,22H,(H,23,24)/b9-8+. The predicted octanol–water partition coefficient (Wildman–Crippen LogP) is 3.96. The molecule has 0 aliphatic heterocycles. The Hall–Kier alpha value is -3.40. The Morgan fingerprint density at radius 1 is 0.875 bits per heavy atom. The summed E-state index contributed by atoms with van der Waals surface area (Å²) >= 11 is 0. The van der Waals surface area contributed by atoms with E-state index in [2.05, 4.69) is 0 Å². The number of benzene rings is 4. The first-order valence-corrected chi connectivity index (χ1v) is 7.41. The third kappa shape index (κ3) is 2.01. The van der Waals surface area contributed by atoms with Crippen LogP contribution in [0, 0.1) is 0 Å². The second-order valence-electron chi connectivity index (χ2n) is 5.67. The number of carbonyl (C=O) groups excluding carboxylic acids is 1. The lowest BCUT2D eigenvalue weighted by molar-refractivity contribution is -0.146. The third-order valence-electron chi connectivity index (χ3n) is 4.28. The van der Waals surface area contributed by atoms with Crippen molar-refractivity contribution >= 4 is 50.1 Å². The Kier molecular flexibility index (Phi) is 3.00. The Balaban J connectivity index is 2.09. The molecule has 0 aliphatic carbocycles. The molecule has 0 saturated heterocycles. The van der Waals surface area contributed by atoms with E-state index in [0.29, 0.717) is 5.56 Å². The number of carboxylic acids is 1. The number of hydrogen-bond donors (Lipinski definition) is 2. The van der Waals surface area contributed by atoms with E-state index in [-0.39, 0.29) is 5.75 Å². The van der Waals surface area contributed by atoms with Crippen molar-refractivity contribution in [3.05, 3.63) is 60.2 Å². The topological polar surface area (TPSA) is 74.6 Å². The summed E-state index contributed by atoms with van der Waals surface area (Å²) in [6.07, 6.45) is 2.33. The molecule has 0 aromatic heterocycles. The monoisotopic (exact) mass is 316 g/mol. The zero-order valence-corrected chi connectivity index (χ0v) is 12.5. The molecule has 4 nitrogen and oxygen atoms in total. The molecule has 0 heterocycles. The maximum absolute atomic E-state index is 11.3. The number of aromatic hydroxyl groups is 1. The van der Waals surface area contributed by atoms with Crippen molar-refractivity contribution in [2.75, 3.05) is 0 Å². The lowest BCUT2D eigenvalue weighted by Crippen LogP contribution is -2.08. The molecule has 4 rings (SSSR count). The van der Waals surface area contributed by atoms with Gasteiger partial charge in [0, 0.05) is 5.56 Å². The fourth-order valence-electron chi connectivity index (χ4n) is 3.22. The first-order valence-electron chi connectivity index (χ1n) is 7.41. The molecule has 4 aromatic carbocycles. The molecule has 0 aliphatic rings. The maximum Gasteiger partial charge on any atom is 0.376 e. The minimum atomic E-state index is -1.52. The van der Waals surface area contributed by atoms with Crippen molar-refractivity contribution in [1.29, 1.82) is 0 Å². The van der Waals surface area contributed by atoms with Crippen molar-refractivity contribution in [1.82, 2.24) is 0 Å². The molecule has 0 atom stereocenters. The van der Waals surface area contributed by atoms with Crippen LogP contribution in [0.25, 0.3) is 38.4 Å². The number of phenols is 1. The van der Waals surface area contributed by atoms with Crippen LogP contribution in [-0.2, 0) is 9.59 Å². The predicted molar refractivity (Wildman–Crippen MR) is 93.5 cm³/mol. The number of hydrogen-bond acceptors (Lipinski definition) is 3. The Morgan fingerprint density at radius 3 is 2.25 bits per heavy atom. The largest absolute Gasteiger partial charge is 0.507 e. The number of carboxylic acid groups (broad SMARTS) is 1. The highest BCUT2D eigenvalue weighted by molar-refractivity contribution is 6.38. The van der Waals surface area contributed by atoms with Crippen LogP contribution in [0.1, 0.15) is 5.56 Å². The molecule has 0 fully saturated rings. The molecule has 4 aromatic rings. The first-order chi connectivity index (χ1) is 11.6. The van der Waals surface area contributed by atoms with Crippen LogP contribution in [0.15, 0.2) is 54.6 Å². The summed E-state index contributed by atoms with van der Waals surface area (Å²) in [6, 6.07) is 15.5. The van der Waals surface area contributed by atoms with Crippen molar-refractivity contribution in [2.45, 2.75) is 0 Å². The van der Waals surface area contributed by atoms with E-state index in [4.69, 9.17) is 5.11 Å². The molecule has 24 heavy (non-hydrogen) atoms. The SMILES string of the molecule is O=C(O)C(=O)/C=C/c1c(O)cc2ccc3cccc4ccc1c2c34. The molecule has 0 saturated carbocycles. The Bertz CT molecular complexity index is 1140. The van der Waals surface area contributed by atoms with Gasteiger partial charge in [-0.15, -0.1) is 0 Å². The zero-order valence-electron chi connectivity index (χ0n) is 12.5. The molecule has 0 spiro atoms. The summed E-state index contributed by atoms with van der Waals surface area (Å²) in [6.45, 7) is 0. The maximum atomic E-state index is 11.3. The van der Waals surface area contributed by atoms with E-state index in [0.717, 1.165) is 38.4 Å². The molecule has 4 heteroatoms. The highest BCUT2D eigenvalue weighted by Crippen LogP contribution is 2.39. The second-order valence-corrected chi connectivity index (χ2v) is 5.67. The minimum Gasteiger partial charge on any atom is -0.507 e. The van der Waals surface area contributed by atoms with Gasteiger partial charge in [0.2, 0.25) is 0 Å². The van der Waals surface area contributed by atoms with Crippen LogP contribution in [0.2, 0.25) is 0 Å². The average Bonchev–Trinajstić information content (AvgIpc) is 2.58. The van der Waals surface area contributed by atoms with Gasteiger partial charge in [0.05, 0.1) is 0 Å². The molecule has 116 valence electrons. The normalized spacial score (nSPS) is 11.8. The fourth-order valence-corrected chi connectivity index (χ4v) is 3.22. The van der Waals surface area contributed by atoms with Crippen molar-refractivity contribution in [3.8, 4) is 5.75 Å². The van der Waals surface area contributed by atoms with Crippen LogP contribution in [0.4, 0.5) is 0 Å². The van der Waals surface area contributed by atoms with Gasteiger partial charge in [-0.25, -0.2) is 4.79 Å². The number of ketones is 1. The number of rotatable bonds is 3. The number of aliphatic carboxylic acids is 1. The van der Waals surface area contributed by atoms with E-state index >= 15 is 0 Å². The van der Waals surface area contributed by atoms with E-state index in [1.807, 2.05) is 42.5 Å². The smallest absolute Gasteiger partial charge is 0.376 e. The molecular formula is C20H12O4. The molecule has 0 amide bonds. The van der Waals surface area contributed by atoms with Gasteiger partial charge in [0.1, 0.15) is 5.75 Å². The van der Waals surface area contributed by atoms with E-state index in [1.54, 1.807) is 6.07 Å². The first kappa shape index (κ1) is 14.2. The third-order valence-corrected chi connectivity index (χ3v) is 4.28. The lowest BCUT2D eigenvalue weighted by Gasteiger charge is -2.13. The van der Waals surface area contributed by atoms with Gasteiger partial charge in [-0.05, 0) is 50.5 Å². The molecule has 2 N–H and O–H groups in total. The highest BCUT2D eigenvalue weighted by Gasteiger charge is 2.14. The van der Waals surface area contributed by atoms with Gasteiger partial charge in [0.25, 0.3) is 5.78 Å². The molecular weight excluding hydrogens is 304 g/mol. The van der Waals surface area contributed by atoms with Crippen LogP contribution in [-0.4, -0.2) is 22.0 Å². The van der Waals surface area contributed by atoms with Gasteiger partial charge in [0.15, 0.2) is 0 Å². The van der Waals surface area contributed by atoms with Gasteiger partial charge in [-0.1, -0.05) is 42.5 Å². The van der Waals surface area contributed by atoms with Gasteiger partial charge >= 0.3 is 5.97 Å². The van der Waals surface area contributed by atoms with Gasteiger partial charge < -0.3 is 10.2 Å². The van der Waals surface area contributed by atoms with Gasteiger partial charge in [-0.2, -0.15) is 0 Å². The van der Waals surface area contributed by atoms with E-state index in [9.17, 15) is 14.7 Å². The zero-order chi connectivity index (χ0) is 16.8. The summed E-state index contributed by atoms with van der Waals surface area (Å²) in [5.41, 5.74) is 0.440. The van der Waals surface area contributed by atoms with Crippen molar-refractivity contribution in [3.63, 3.8) is 0 Å². The number of carbonyl (C=O) groups is 2. The van der Waals surface area contributed by atoms with Crippen molar-refractivity contribution < 1.29 is 19.8 Å². The van der Waals surface area contributed by atoms with Crippen LogP contribution < -0.4 is 0 Å². The molecule has 0 unspecified atom stereocenters. The molecule has 0 radical (unpaired) electrons. The Labute approximate surface area is 136 Å². The highest BCUT2D eigenvalue weighted by atomic mass is 16.4. The molecule has 0 bridgehead atoms. The summed E-state index contributed by atoms with van der Waals surface area (Å²) in [7, 11) is 0. The van der Waals surface area contributed by atoms with Crippen LogP contribution in [0.3, 0.4) is 0 Å².